The summed E-state index contributed by atoms with van der Waals surface area (Å²) < 4.78 is 14.5. The van der Waals surface area contributed by atoms with Crippen LogP contribution in [0.15, 0.2) is 42.5 Å². The highest BCUT2D eigenvalue weighted by Crippen LogP contribution is 2.27. The van der Waals surface area contributed by atoms with Gasteiger partial charge in [0.25, 0.3) is 0 Å². The smallest absolute Gasteiger partial charge is 0.228 e. The van der Waals surface area contributed by atoms with Crippen molar-refractivity contribution in [2.75, 3.05) is 10.6 Å². The minimum atomic E-state index is -0.468. The molecule has 0 saturated carbocycles. The summed E-state index contributed by atoms with van der Waals surface area (Å²) in [7, 11) is 0. The van der Waals surface area contributed by atoms with Crippen LogP contribution in [0.4, 0.5) is 15.2 Å². The van der Waals surface area contributed by atoms with Crippen molar-refractivity contribution in [3.8, 4) is 0 Å². The molecular formula is C18H16FN3O2S. The third-order valence-electron chi connectivity index (χ3n) is 3.53. The zero-order valence-corrected chi connectivity index (χ0v) is 14.3. The number of carbonyl (C=O) groups is 2. The van der Waals surface area contributed by atoms with Crippen LogP contribution >= 0.6 is 11.3 Å². The number of nitrogens with zero attached hydrogens (tertiary/aromatic N) is 1. The van der Waals surface area contributed by atoms with Gasteiger partial charge in [-0.05, 0) is 29.8 Å². The predicted octanol–water partition coefficient (Wildman–Crippen LogP) is 3.97. The quantitative estimate of drug-likeness (QED) is 0.726. The predicted molar refractivity (Wildman–Crippen MR) is 97.3 cm³/mol. The van der Waals surface area contributed by atoms with Gasteiger partial charge in [0.1, 0.15) is 5.82 Å². The van der Waals surface area contributed by atoms with Crippen molar-refractivity contribution in [1.82, 2.24) is 4.98 Å². The van der Waals surface area contributed by atoms with E-state index >= 15 is 0 Å². The Morgan fingerprint density at radius 3 is 2.68 bits per heavy atom. The van der Waals surface area contributed by atoms with E-state index < -0.39 is 5.82 Å². The van der Waals surface area contributed by atoms with Crippen molar-refractivity contribution in [2.45, 2.75) is 19.8 Å². The Balaban J connectivity index is 1.72. The second-order valence-electron chi connectivity index (χ2n) is 5.43. The number of nitrogens with one attached hydrogen (secondary N) is 2. The van der Waals surface area contributed by atoms with Crippen molar-refractivity contribution in [3.63, 3.8) is 0 Å². The van der Waals surface area contributed by atoms with E-state index in [0.717, 1.165) is 15.8 Å². The van der Waals surface area contributed by atoms with Gasteiger partial charge in [0.15, 0.2) is 5.13 Å². The number of carbonyl (C=O) groups excluding carboxylic acids is 2. The van der Waals surface area contributed by atoms with Crippen LogP contribution in [-0.2, 0) is 16.0 Å². The summed E-state index contributed by atoms with van der Waals surface area (Å²) in [5, 5.41) is 5.83. The maximum atomic E-state index is 13.6. The third-order valence-corrected chi connectivity index (χ3v) is 4.47. The Hall–Kier alpha value is -2.80. The molecule has 2 aromatic carbocycles. The number of anilines is 2. The van der Waals surface area contributed by atoms with E-state index in [1.807, 2.05) is 6.07 Å². The van der Waals surface area contributed by atoms with Gasteiger partial charge in [0.05, 0.1) is 22.3 Å². The van der Waals surface area contributed by atoms with Crippen molar-refractivity contribution in [1.29, 1.82) is 0 Å². The normalized spacial score (nSPS) is 10.6. The van der Waals surface area contributed by atoms with Crippen LogP contribution in [0.2, 0.25) is 0 Å². The molecule has 0 aliphatic carbocycles. The van der Waals surface area contributed by atoms with Gasteiger partial charge in [-0.15, -0.1) is 0 Å². The van der Waals surface area contributed by atoms with Crippen molar-refractivity contribution in [3.05, 3.63) is 53.8 Å². The fourth-order valence-corrected chi connectivity index (χ4v) is 3.23. The molecule has 3 rings (SSSR count). The molecule has 0 fully saturated rings. The molecule has 25 heavy (non-hydrogen) atoms. The number of thiazole rings is 1. The van der Waals surface area contributed by atoms with Gasteiger partial charge in [0, 0.05) is 6.42 Å². The number of rotatable bonds is 5. The Bertz CT molecular complexity index is 939. The molecule has 1 aromatic heterocycles. The summed E-state index contributed by atoms with van der Waals surface area (Å²) in [5.41, 5.74) is 1.71. The first-order valence-electron chi connectivity index (χ1n) is 7.79. The highest BCUT2D eigenvalue weighted by atomic mass is 32.1. The molecule has 5 nitrogen and oxygen atoms in total. The number of benzene rings is 2. The minimum absolute atomic E-state index is 0.0939. The van der Waals surface area contributed by atoms with Crippen LogP contribution < -0.4 is 10.6 Å². The molecule has 3 aromatic rings. The summed E-state index contributed by atoms with van der Waals surface area (Å²) in [5.74, 6) is -0.859. The topological polar surface area (TPSA) is 71.1 Å². The molecule has 0 spiro atoms. The van der Waals surface area contributed by atoms with E-state index in [4.69, 9.17) is 0 Å². The number of halogens is 1. The number of para-hydroxylation sites is 1. The second-order valence-corrected chi connectivity index (χ2v) is 6.46. The highest BCUT2D eigenvalue weighted by Gasteiger charge is 2.10. The van der Waals surface area contributed by atoms with E-state index in [9.17, 15) is 14.0 Å². The van der Waals surface area contributed by atoms with Crippen LogP contribution in [0.3, 0.4) is 0 Å². The summed E-state index contributed by atoms with van der Waals surface area (Å²) in [6, 6.07) is 11.5. The summed E-state index contributed by atoms with van der Waals surface area (Å²) in [4.78, 5) is 27.9. The lowest BCUT2D eigenvalue weighted by atomic mass is 10.1. The zero-order chi connectivity index (χ0) is 17.8. The van der Waals surface area contributed by atoms with E-state index in [1.54, 1.807) is 31.2 Å². The third kappa shape index (κ3) is 4.19. The first kappa shape index (κ1) is 17.0. The van der Waals surface area contributed by atoms with Crippen molar-refractivity contribution >= 4 is 44.2 Å². The monoisotopic (exact) mass is 357 g/mol. The Labute approximate surface area is 147 Å². The number of hydrogen-bond acceptors (Lipinski definition) is 4. The first-order chi connectivity index (χ1) is 12.0. The van der Waals surface area contributed by atoms with Gasteiger partial charge >= 0.3 is 0 Å². The molecule has 1 heterocycles. The molecule has 2 amide bonds. The van der Waals surface area contributed by atoms with Crippen LogP contribution in [-0.4, -0.2) is 16.8 Å². The zero-order valence-electron chi connectivity index (χ0n) is 13.5. The number of amides is 2. The first-order valence-corrected chi connectivity index (χ1v) is 8.60. The van der Waals surface area contributed by atoms with E-state index in [-0.39, 0.29) is 23.9 Å². The number of hydrogen-bond donors (Lipinski definition) is 2. The maximum absolute atomic E-state index is 13.6. The largest absolute Gasteiger partial charge is 0.323 e. The molecule has 0 radical (unpaired) electrons. The van der Waals surface area contributed by atoms with Gasteiger partial charge in [-0.25, -0.2) is 9.37 Å². The Morgan fingerprint density at radius 1 is 1.12 bits per heavy atom. The van der Waals surface area contributed by atoms with Crippen molar-refractivity contribution < 1.29 is 14.0 Å². The number of fused-ring (bicyclic) bond motifs is 1. The Kier molecular flexibility index (Phi) is 5.04. The molecule has 0 saturated heterocycles. The molecule has 0 atom stereocenters. The van der Waals surface area contributed by atoms with E-state index in [0.29, 0.717) is 11.6 Å². The summed E-state index contributed by atoms with van der Waals surface area (Å²) in [6.45, 7) is 1.77. The van der Waals surface area contributed by atoms with Crippen LogP contribution in [0, 0.1) is 5.82 Å². The minimum Gasteiger partial charge on any atom is -0.323 e. The molecule has 128 valence electrons. The maximum Gasteiger partial charge on any atom is 0.228 e. The summed E-state index contributed by atoms with van der Waals surface area (Å²) in [6.07, 6.45) is 0.510. The highest BCUT2D eigenvalue weighted by molar-refractivity contribution is 7.22. The van der Waals surface area contributed by atoms with E-state index in [1.165, 1.54) is 23.5 Å². The molecule has 0 unspecified atom stereocenters. The second kappa shape index (κ2) is 7.40. The fourth-order valence-electron chi connectivity index (χ4n) is 2.28. The molecular weight excluding hydrogens is 341 g/mol. The lowest BCUT2D eigenvalue weighted by Gasteiger charge is -2.06. The van der Waals surface area contributed by atoms with Gasteiger partial charge < -0.3 is 10.6 Å². The molecule has 0 aliphatic rings. The standard InChI is InChI=1S/C18H16FN3O2S/c1-2-16(23)22-18-21-14-8-7-11(9-15(14)25-18)10-17(24)20-13-6-4-3-5-12(13)19/h3-9H,2,10H2,1H3,(H,20,24)(H,21,22,23). The summed E-state index contributed by atoms with van der Waals surface area (Å²) >= 11 is 1.35. The molecule has 7 heteroatoms. The molecule has 0 bridgehead atoms. The van der Waals surface area contributed by atoms with Crippen LogP contribution in [0.1, 0.15) is 18.9 Å². The van der Waals surface area contributed by atoms with E-state index in [2.05, 4.69) is 15.6 Å². The Morgan fingerprint density at radius 2 is 1.92 bits per heavy atom. The molecule has 2 N–H and O–H groups in total. The van der Waals surface area contributed by atoms with Gasteiger partial charge in [-0.3, -0.25) is 9.59 Å². The van der Waals surface area contributed by atoms with Crippen molar-refractivity contribution in [2.24, 2.45) is 0 Å². The molecule has 0 aliphatic heterocycles. The number of aromatic nitrogens is 1. The van der Waals surface area contributed by atoms with Gasteiger partial charge in [0.2, 0.25) is 11.8 Å². The van der Waals surface area contributed by atoms with Gasteiger partial charge in [-0.2, -0.15) is 0 Å². The fraction of sp³-hybridized carbons (Fsp3) is 0.167. The van der Waals surface area contributed by atoms with Crippen LogP contribution in [0.5, 0.6) is 0 Å². The SMILES string of the molecule is CCC(=O)Nc1nc2ccc(CC(=O)Nc3ccccc3F)cc2s1. The lowest BCUT2D eigenvalue weighted by Crippen LogP contribution is -2.15. The lowest BCUT2D eigenvalue weighted by molar-refractivity contribution is -0.116. The van der Waals surface area contributed by atoms with Gasteiger partial charge in [-0.1, -0.05) is 36.5 Å². The van der Waals surface area contributed by atoms with Crippen LogP contribution in [0.25, 0.3) is 10.2 Å². The average molecular weight is 357 g/mol. The average Bonchev–Trinajstić information content (AvgIpc) is 2.98.